The third kappa shape index (κ3) is 5.29. The molecule has 0 atom stereocenters. The van der Waals surface area contributed by atoms with E-state index in [4.69, 9.17) is 0 Å². The van der Waals surface area contributed by atoms with E-state index in [9.17, 15) is 14.0 Å². The fraction of sp³-hybridized carbons (Fsp3) is 0.125. The van der Waals surface area contributed by atoms with Crippen LogP contribution in [0.1, 0.15) is 5.56 Å². The number of hydrogen-bond acceptors (Lipinski definition) is 2. The highest BCUT2D eigenvalue weighted by atomic mass is 79.9. The minimum atomic E-state index is -0.375. The van der Waals surface area contributed by atoms with Crippen LogP contribution in [0.15, 0.2) is 53.0 Å². The van der Waals surface area contributed by atoms with Crippen molar-refractivity contribution < 1.29 is 14.0 Å². The molecule has 0 radical (unpaired) electrons. The zero-order valence-corrected chi connectivity index (χ0v) is 13.2. The fourth-order valence-corrected chi connectivity index (χ4v) is 2.26. The fourth-order valence-electron chi connectivity index (χ4n) is 1.81. The molecule has 0 fully saturated rings. The Kier molecular flexibility index (Phi) is 5.66. The van der Waals surface area contributed by atoms with E-state index in [2.05, 4.69) is 26.6 Å². The van der Waals surface area contributed by atoms with E-state index in [0.29, 0.717) is 5.69 Å². The van der Waals surface area contributed by atoms with Crippen LogP contribution in [0, 0.1) is 5.82 Å². The first-order valence-electron chi connectivity index (χ1n) is 6.59. The summed E-state index contributed by atoms with van der Waals surface area (Å²) >= 11 is 3.33. The van der Waals surface area contributed by atoms with Crippen molar-refractivity contribution >= 4 is 33.4 Å². The van der Waals surface area contributed by atoms with E-state index < -0.39 is 0 Å². The topological polar surface area (TPSA) is 58.2 Å². The molecule has 22 heavy (non-hydrogen) atoms. The quantitative estimate of drug-likeness (QED) is 0.856. The zero-order valence-electron chi connectivity index (χ0n) is 11.6. The van der Waals surface area contributed by atoms with Crippen molar-refractivity contribution in [1.82, 2.24) is 5.32 Å². The Morgan fingerprint density at radius 2 is 1.77 bits per heavy atom. The summed E-state index contributed by atoms with van der Waals surface area (Å²) in [5.41, 5.74) is 1.33. The molecule has 0 bridgehead atoms. The van der Waals surface area contributed by atoms with Crippen LogP contribution in [0.2, 0.25) is 0 Å². The smallest absolute Gasteiger partial charge is 0.243 e. The Bertz CT molecular complexity index is 674. The normalized spacial score (nSPS) is 10.1. The molecule has 0 saturated carbocycles. The van der Waals surface area contributed by atoms with E-state index in [1.807, 2.05) is 24.3 Å². The highest BCUT2D eigenvalue weighted by Gasteiger charge is 2.07. The Balaban J connectivity index is 1.78. The second kappa shape index (κ2) is 7.70. The summed E-state index contributed by atoms with van der Waals surface area (Å²) < 4.78 is 13.6. The summed E-state index contributed by atoms with van der Waals surface area (Å²) in [6.45, 7) is -0.135. The summed E-state index contributed by atoms with van der Waals surface area (Å²) in [6, 6.07) is 12.8. The lowest BCUT2D eigenvalue weighted by atomic mass is 10.1. The molecule has 0 heterocycles. The van der Waals surface area contributed by atoms with Gasteiger partial charge < -0.3 is 10.6 Å². The molecule has 2 aromatic carbocycles. The standard InChI is InChI=1S/C16H14BrFN2O2/c17-12-3-1-2-11(8-12)9-15(21)19-10-16(22)20-14-6-4-13(18)5-7-14/h1-8H,9-10H2,(H,19,21)(H,20,22). The second-order valence-electron chi connectivity index (χ2n) is 4.64. The van der Waals surface area contributed by atoms with Crippen LogP contribution < -0.4 is 10.6 Å². The molecule has 6 heteroatoms. The van der Waals surface area contributed by atoms with Gasteiger partial charge in [0.2, 0.25) is 11.8 Å². The molecule has 0 aliphatic carbocycles. The molecule has 0 aromatic heterocycles. The van der Waals surface area contributed by atoms with E-state index in [-0.39, 0.29) is 30.6 Å². The summed E-state index contributed by atoms with van der Waals surface area (Å²) in [5, 5.41) is 5.11. The van der Waals surface area contributed by atoms with Gasteiger partial charge in [-0.15, -0.1) is 0 Å². The van der Waals surface area contributed by atoms with Gasteiger partial charge in [0.25, 0.3) is 0 Å². The van der Waals surface area contributed by atoms with Gasteiger partial charge in [0.15, 0.2) is 0 Å². The van der Waals surface area contributed by atoms with Crippen molar-refractivity contribution in [3.05, 3.63) is 64.4 Å². The lowest BCUT2D eigenvalue weighted by Crippen LogP contribution is -2.33. The molecule has 0 unspecified atom stereocenters. The van der Waals surface area contributed by atoms with Crippen molar-refractivity contribution in [1.29, 1.82) is 0 Å². The van der Waals surface area contributed by atoms with Crippen molar-refractivity contribution in [3.63, 3.8) is 0 Å². The number of carbonyl (C=O) groups is 2. The molecule has 2 rings (SSSR count). The largest absolute Gasteiger partial charge is 0.347 e. The van der Waals surface area contributed by atoms with Gasteiger partial charge in [0, 0.05) is 10.2 Å². The maximum Gasteiger partial charge on any atom is 0.243 e. The number of nitrogens with one attached hydrogen (secondary N) is 2. The van der Waals surface area contributed by atoms with Gasteiger partial charge in [-0.05, 0) is 42.0 Å². The molecule has 0 saturated heterocycles. The molecule has 114 valence electrons. The molecule has 4 nitrogen and oxygen atoms in total. The van der Waals surface area contributed by atoms with Crippen LogP contribution in [0.3, 0.4) is 0 Å². The van der Waals surface area contributed by atoms with E-state index in [1.54, 1.807) is 0 Å². The van der Waals surface area contributed by atoms with Gasteiger partial charge >= 0.3 is 0 Å². The number of benzene rings is 2. The Hall–Kier alpha value is -2.21. The van der Waals surface area contributed by atoms with E-state index >= 15 is 0 Å². The number of rotatable bonds is 5. The molecule has 0 aliphatic rings. The van der Waals surface area contributed by atoms with Crippen LogP contribution in [0.5, 0.6) is 0 Å². The number of hydrogen-bond donors (Lipinski definition) is 2. The predicted octanol–water partition coefficient (Wildman–Crippen LogP) is 2.89. The van der Waals surface area contributed by atoms with Crippen molar-refractivity contribution in [3.8, 4) is 0 Å². The lowest BCUT2D eigenvalue weighted by molar-refractivity contribution is -0.123. The maximum absolute atomic E-state index is 12.7. The van der Waals surface area contributed by atoms with E-state index in [1.165, 1.54) is 24.3 Å². The van der Waals surface area contributed by atoms with Gasteiger partial charge in [0.05, 0.1) is 13.0 Å². The van der Waals surface area contributed by atoms with Crippen molar-refractivity contribution in [2.45, 2.75) is 6.42 Å². The molecule has 2 aromatic rings. The predicted molar refractivity (Wildman–Crippen MR) is 85.9 cm³/mol. The summed E-state index contributed by atoms with van der Waals surface area (Å²) in [7, 11) is 0. The van der Waals surface area contributed by atoms with Crippen molar-refractivity contribution in [2.75, 3.05) is 11.9 Å². The van der Waals surface area contributed by atoms with Gasteiger partial charge in [-0.2, -0.15) is 0 Å². The molecule has 2 N–H and O–H groups in total. The number of anilines is 1. The summed E-state index contributed by atoms with van der Waals surface area (Å²) in [5.74, 6) is -0.984. The monoisotopic (exact) mass is 364 g/mol. The van der Waals surface area contributed by atoms with Gasteiger partial charge in [-0.1, -0.05) is 28.1 Å². The van der Waals surface area contributed by atoms with Gasteiger partial charge in [0.1, 0.15) is 5.82 Å². The average molecular weight is 365 g/mol. The average Bonchev–Trinajstić information content (AvgIpc) is 2.48. The maximum atomic E-state index is 12.7. The van der Waals surface area contributed by atoms with Crippen LogP contribution in [0.25, 0.3) is 0 Å². The first-order chi connectivity index (χ1) is 10.5. The highest BCUT2D eigenvalue weighted by molar-refractivity contribution is 9.10. The third-order valence-corrected chi connectivity index (χ3v) is 3.32. The molecular formula is C16H14BrFN2O2. The van der Waals surface area contributed by atoms with E-state index in [0.717, 1.165) is 10.0 Å². The number of amides is 2. The van der Waals surface area contributed by atoms with Crippen LogP contribution in [-0.4, -0.2) is 18.4 Å². The molecule has 0 spiro atoms. The minimum absolute atomic E-state index is 0.135. The molecule has 0 aliphatic heterocycles. The summed E-state index contributed by atoms with van der Waals surface area (Å²) in [4.78, 5) is 23.5. The Morgan fingerprint density at radius 3 is 2.45 bits per heavy atom. The first kappa shape index (κ1) is 16.2. The zero-order chi connectivity index (χ0) is 15.9. The van der Waals surface area contributed by atoms with Crippen LogP contribution in [0.4, 0.5) is 10.1 Å². The third-order valence-electron chi connectivity index (χ3n) is 2.83. The highest BCUT2D eigenvalue weighted by Crippen LogP contribution is 2.12. The second-order valence-corrected chi connectivity index (χ2v) is 5.55. The SMILES string of the molecule is O=C(Cc1cccc(Br)c1)NCC(=O)Nc1ccc(F)cc1. The number of halogens is 2. The first-order valence-corrected chi connectivity index (χ1v) is 7.39. The molecule has 2 amide bonds. The number of carbonyl (C=O) groups excluding carboxylic acids is 2. The Morgan fingerprint density at radius 1 is 1.05 bits per heavy atom. The van der Waals surface area contributed by atoms with Crippen LogP contribution >= 0.6 is 15.9 Å². The van der Waals surface area contributed by atoms with Crippen LogP contribution in [-0.2, 0) is 16.0 Å². The van der Waals surface area contributed by atoms with Crippen molar-refractivity contribution in [2.24, 2.45) is 0 Å². The molecular weight excluding hydrogens is 351 g/mol. The summed E-state index contributed by atoms with van der Waals surface area (Å²) in [6.07, 6.45) is 0.198. The van der Waals surface area contributed by atoms with Gasteiger partial charge in [-0.25, -0.2) is 4.39 Å². The Labute approximate surface area is 135 Å². The van der Waals surface area contributed by atoms with Gasteiger partial charge in [-0.3, -0.25) is 9.59 Å². The lowest BCUT2D eigenvalue weighted by Gasteiger charge is -2.07. The minimum Gasteiger partial charge on any atom is -0.347 e.